The zero-order valence-corrected chi connectivity index (χ0v) is 27.5. The Kier molecular flexibility index (Phi) is 15.3. The van der Waals surface area contributed by atoms with Crippen molar-refractivity contribution in [1.82, 2.24) is 0 Å². The molecule has 248 valence electrons. The number of hydrogen-bond acceptors (Lipinski definition) is 7. The topological polar surface area (TPSA) is 75.6 Å². The van der Waals surface area contributed by atoms with Crippen LogP contribution in [0.4, 0.5) is 8.78 Å². The van der Waals surface area contributed by atoms with Crippen molar-refractivity contribution in [2.24, 2.45) is 0 Å². The van der Waals surface area contributed by atoms with Crippen molar-refractivity contribution in [2.45, 2.75) is 103 Å². The van der Waals surface area contributed by atoms with Crippen LogP contribution >= 0.6 is 11.6 Å². The molecule has 2 aromatic rings. The van der Waals surface area contributed by atoms with Gasteiger partial charge < -0.3 is 33.5 Å². The molecule has 5 atom stereocenters. The predicted molar refractivity (Wildman–Crippen MR) is 166 cm³/mol. The Morgan fingerprint density at radius 3 is 2.07 bits per heavy atom. The third-order valence-corrected chi connectivity index (χ3v) is 8.21. The minimum atomic E-state index is -1.52. The summed E-state index contributed by atoms with van der Waals surface area (Å²) in [6.07, 6.45) is 2.49. The molecule has 0 aromatic heterocycles. The van der Waals surface area contributed by atoms with Crippen LogP contribution < -0.4 is 4.74 Å². The molecule has 10 heteroatoms. The quantitative estimate of drug-likeness (QED) is 0.161. The maximum Gasteiger partial charge on any atom is 0.225 e. The summed E-state index contributed by atoms with van der Waals surface area (Å²) in [5.41, 5.74) is 1.20. The molecule has 1 aliphatic rings. The van der Waals surface area contributed by atoms with Crippen molar-refractivity contribution >= 4 is 11.6 Å². The first-order chi connectivity index (χ1) is 21.3. The van der Waals surface area contributed by atoms with Crippen molar-refractivity contribution in [2.75, 3.05) is 40.1 Å². The van der Waals surface area contributed by atoms with E-state index < -0.39 is 41.8 Å². The first-order valence-corrected chi connectivity index (χ1v) is 16.3. The van der Waals surface area contributed by atoms with Crippen molar-refractivity contribution in [3.63, 3.8) is 0 Å². The Labute approximate surface area is 266 Å². The molecule has 0 unspecified atom stereocenters. The highest BCUT2D eigenvalue weighted by Gasteiger charge is 2.58. The second-order valence-corrected chi connectivity index (χ2v) is 11.4. The minimum absolute atomic E-state index is 0.00555. The lowest BCUT2D eigenvalue weighted by Gasteiger charge is -2.52. The van der Waals surface area contributed by atoms with Crippen molar-refractivity contribution in [3.8, 4) is 5.75 Å². The van der Waals surface area contributed by atoms with Crippen LogP contribution in [-0.2, 0) is 35.9 Å². The molecule has 0 spiro atoms. The molecule has 3 rings (SSSR count). The molecule has 0 radical (unpaired) electrons. The van der Waals surface area contributed by atoms with Gasteiger partial charge in [0.1, 0.15) is 24.4 Å². The van der Waals surface area contributed by atoms with Gasteiger partial charge in [-0.1, -0.05) is 63.8 Å². The summed E-state index contributed by atoms with van der Waals surface area (Å²) < 4.78 is 67.1. The van der Waals surface area contributed by atoms with Gasteiger partial charge in [-0.2, -0.15) is 4.39 Å². The second-order valence-electron chi connectivity index (χ2n) is 11.0. The van der Waals surface area contributed by atoms with Crippen LogP contribution in [0, 0.1) is 11.6 Å². The molecule has 44 heavy (non-hydrogen) atoms. The van der Waals surface area contributed by atoms with Gasteiger partial charge in [-0.25, -0.2) is 4.39 Å². The Bertz CT molecular complexity index is 1150. The molecule has 1 fully saturated rings. The number of methoxy groups -OCH3 is 1. The summed E-state index contributed by atoms with van der Waals surface area (Å²) >= 11 is 6.61. The highest BCUT2D eigenvalue weighted by molar-refractivity contribution is 6.31. The fraction of sp³-hybridized carbons (Fsp3) is 0.647. The first kappa shape index (κ1) is 36.6. The molecule has 7 nitrogen and oxygen atoms in total. The summed E-state index contributed by atoms with van der Waals surface area (Å²) in [5.74, 6) is -3.71. The van der Waals surface area contributed by atoms with Crippen LogP contribution in [0.1, 0.15) is 82.9 Å². The monoisotopic (exact) mass is 642 g/mol. The summed E-state index contributed by atoms with van der Waals surface area (Å²) in [6, 6.07) is 8.09. The number of unbranched alkanes of at least 4 members (excludes halogenated alkanes) is 3. The molecule has 0 saturated carbocycles. The zero-order chi connectivity index (χ0) is 32.1. The highest BCUT2D eigenvalue weighted by atomic mass is 35.5. The van der Waals surface area contributed by atoms with E-state index >= 15 is 4.39 Å². The summed E-state index contributed by atoms with van der Waals surface area (Å²) in [7, 11) is 1.52. The van der Waals surface area contributed by atoms with Crippen molar-refractivity contribution in [1.29, 1.82) is 0 Å². The van der Waals surface area contributed by atoms with Crippen molar-refractivity contribution in [3.05, 3.63) is 63.7 Å². The van der Waals surface area contributed by atoms with E-state index in [1.54, 1.807) is 25.1 Å². The van der Waals surface area contributed by atoms with E-state index in [0.29, 0.717) is 36.0 Å². The van der Waals surface area contributed by atoms with Crippen LogP contribution in [0.25, 0.3) is 0 Å². The molecule has 0 bridgehead atoms. The van der Waals surface area contributed by atoms with Crippen molar-refractivity contribution < 1.29 is 42.3 Å². The molecule has 1 aliphatic heterocycles. The fourth-order valence-electron chi connectivity index (χ4n) is 5.39. The molecule has 1 N–H and O–H groups in total. The lowest BCUT2D eigenvalue weighted by molar-refractivity contribution is -0.381. The van der Waals surface area contributed by atoms with Gasteiger partial charge in [0.15, 0.2) is 11.6 Å². The zero-order valence-electron chi connectivity index (χ0n) is 26.7. The van der Waals surface area contributed by atoms with Gasteiger partial charge in [0.25, 0.3) is 0 Å². The predicted octanol–water partition coefficient (Wildman–Crippen LogP) is 7.35. The van der Waals surface area contributed by atoms with Gasteiger partial charge in [-0.3, -0.25) is 0 Å². The van der Waals surface area contributed by atoms with Gasteiger partial charge in [-0.15, -0.1) is 0 Å². The minimum Gasteiger partial charge on any atom is -0.491 e. The highest BCUT2D eigenvalue weighted by Crippen LogP contribution is 2.44. The molecule has 1 heterocycles. The number of ether oxygens (including phenoxy) is 6. The Hall–Kier alpha value is -1.85. The number of halogens is 3. The number of hydrogen-bond donors (Lipinski definition) is 1. The van der Waals surface area contributed by atoms with Gasteiger partial charge in [0.2, 0.25) is 11.6 Å². The molecular weight excluding hydrogens is 594 g/mol. The second kappa shape index (κ2) is 18.3. The number of rotatable bonds is 19. The number of benzene rings is 2. The van der Waals surface area contributed by atoms with Gasteiger partial charge >= 0.3 is 0 Å². The van der Waals surface area contributed by atoms with E-state index in [-0.39, 0.29) is 30.9 Å². The Morgan fingerprint density at radius 2 is 1.48 bits per heavy atom. The third-order valence-electron chi connectivity index (χ3n) is 7.84. The van der Waals surface area contributed by atoms with Gasteiger partial charge in [-0.05, 0) is 55.5 Å². The first-order valence-electron chi connectivity index (χ1n) is 15.9. The van der Waals surface area contributed by atoms with E-state index in [2.05, 4.69) is 20.8 Å². The molecular formula is C34H49ClF2O7. The van der Waals surface area contributed by atoms with Gasteiger partial charge in [0, 0.05) is 43.9 Å². The van der Waals surface area contributed by atoms with Crippen LogP contribution in [0.5, 0.6) is 5.75 Å². The average Bonchev–Trinajstić information content (AvgIpc) is 3.03. The molecule has 0 aliphatic carbocycles. The normalized spacial score (nSPS) is 23.7. The summed E-state index contributed by atoms with van der Waals surface area (Å²) in [6.45, 7) is 9.19. The fourth-order valence-corrected chi connectivity index (χ4v) is 5.58. The lowest BCUT2D eigenvalue weighted by atomic mass is 9.86. The number of aliphatic hydroxyl groups excluding tert-OH is 1. The Balaban J connectivity index is 2.09. The maximum absolute atomic E-state index is 15.1. The largest absolute Gasteiger partial charge is 0.491 e. The molecule has 2 aromatic carbocycles. The third kappa shape index (κ3) is 8.69. The molecule has 0 amide bonds. The van der Waals surface area contributed by atoms with E-state index in [9.17, 15) is 9.50 Å². The van der Waals surface area contributed by atoms with Gasteiger partial charge in [0.05, 0.1) is 13.2 Å². The van der Waals surface area contributed by atoms with Crippen LogP contribution in [0.3, 0.4) is 0 Å². The smallest absolute Gasteiger partial charge is 0.225 e. The van der Waals surface area contributed by atoms with Crippen LogP contribution in [0.2, 0.25) is 5.02 Å². The number of aliphatic hydroxyl groups is 1. The summed E-state index contributed by atoms with van der Waals surface area (Å²) in [4.78, 5) is 0. The SMILES string of the molecule is CCCCO[C@H]1[C@H](OCCCC)[C@@H](CO)O[C@@](OC)(c2ccc(Cl)c(Cc3ccc(OCC)c(F)c3F)c2)[C@@H]1OCCCC. The average molecular weight is 643 g/mol. The van der Waals surface area contributed by atoms with Crippen LogP contribution in [-0.4, -0.2) is 69.7 Å². The summed E-state index contributed by atoms with van der Waals surface area (Å²) in [5, 5.41) is 10.9. The molecule has 1 saturated heterocycles. The van der Waals surface area contributed by atoms with E-state index in [1.165, 1.54) is 19.2 Å². The van der Waals surface area contributed by atoms with E-state index in [1.807, 2.05) is 0 Å². The van der Waals surface area contributed by atoms with E-state index in [4.69, 9.17) is 40.0 Å². The van der Waals surface area contributed by atoms with E-state index in [0.717, 1.165) is 38.5 Å². The Morgan fingerprint density at radius 1 is 0.841 bits per heavy atom. The standard InChI is InChI=1S/C34H49ClF2O7/c1-6-10-17-41-31-28(22-38)44-34(39-5,33(43-19-12-8-3)32(31)42-18-11-7-2)25-14-15-26(35)24(21-25)20-23-13-16-27(40-9-4)30(37)29(23)36/h13-16,21,28,31-33,38H,6-12,17-20,22H2,1-5H3/t28-,31-,32+,33-,34+/m1/s1. The maximum atomic E-state index is 15.1. The lowest BCUT2D eigenvalue weighted by Crippen LogP contribution is -2.66. The van der Waals surface area contributed by atoms with Crippen LogP contribution in [0.15, 0.2) is 30.3 Å².